The number of amides is 1. The second-order valence-corrected chi connectivity index (χ2v) is 10.8. The summed E-state index contributed by atoms with van der Waals surface area (Å²) in [6, 6.07) is 5.94. The van der Waals surface area contributed by atoms with Crippen LogP contribution in [0.25, 0.3) is 11.3 Å². The highest BCUT2D eigenvalue weighted by Crippen LogP contribution is 2.43. The lowest BCUT2D eigenvalue weighted by molar-refractivity contribution is -0.0463. The fourth-order valence-corrected chi connectivity index (χ4v) is 5.69. The fraction of sp³-hybridized carbons (Fsp3) is 0.367. The van der Waals surface area contributed by atoms with E-state index in [1.807, 2.05) is 19.1 Å². The van der Waals surface area contributed by atoms with Crippen LogP contribution >= 0.6 is 0 Å². The number of aliphatic hydroxyl groups is 1. The van der Waals surface area contributed by atoms with Crippen molar-refractivity contribution in [3.05, 3.63) is 89.2 Å². The van der Waals surface area contributed by atoms with E-state index in [9.17, 15) is 18.7 Å². The van der Waals surface area contributed by atoms with Crippen LogP contribution in [0.5, 0.6) is 0 Å². The number of nitrogens with two attached hydrogens (primary N) is 1. The summed E-state index contributed by atoms with van der Waals surface area (Å²) in [4.78, 5) is 21.4. The van der Waals surface area contributed by atoms with Crippen molar-refractivity contribution in [2.24, 2.45) is 11.7 Å². The van der Waals surface area contributed by atoms with Crippen LogP contribution in [0.1, 0.15) is 73.0 Å². The van der Waals surface area contributed by atoms with Crippen molar-refractivity contribution in [3.63, 3.8) is 0 Å². The molecular weight excluding hydrogens is 505 g/mol. The van der Waals surface area contributed by atoms with Crippen LogP contribution in [0.15, 0.2) is 54.9 Å². The molecule has 1 amide bonds. The Morgan fingerprint density at radius 1 is 1.10 bits per heavy atom. The summed E-state index contributed by atoms with van der Waals surface area (Å²) in [5, 5.41) is 13.5. The van der Waals surface area contributed by atoms with Crippen LogP contribution in [0.2, 0.25) is 0 Å². The molecule has 2 aliphatic carbocycles. The number of pyridine rings is 2. The molecule has 6 nitrogen and oxygen atoms in total. The Kier molecular flexibility index (Phi) is 7.31. The molecule has 2 heterocycles. The number of anilines is 1. The van der Waals surface area contributed by atoms with Crippen LogP contribution in [-0.4, -0.2) is 32.6 Å². The molecule has 5 atom stereocenters. The average molecular weight is 537 g/mol. The highest BCUT2D eigenvalue weighted by molar-refractivity contribution is 6.03. The van der Waals surface area contributed by atoms with Gasteiger partial charge in [0.05, 0.1) is 23.0 Å². The number of carbonyl (C=O) groups is 1. The third kappa shape index (κ3) is 5.08. The number of hydrogen-bond acceptors (Lipinski definition) is 5. The van der Waals surface area contributed by atoms with Gasteiger partial charge in [-0.15, -0.1) is 0 Å². The predicted molar refractivity (Wildman–Crippen MR) is 143 cm³/mol. The summed E-state index contributed by atoms with van der Waals surface area (Å²) in [7, 11) is 0. The Labute approximate surface area is 225 Å². The van der Waals surface area contributed by atoms with Crippen molar-refractivity contribution in [1.29, 1.82) is 0 Å². The van der Waals surface area contributed by atoms with E-state index in [0.29, 0.717) is 24.9 Å². The number of hydrogen-bond donors (Lipinski definition) is 3. The van der Waals surface area contributed by atoms with E-state index in [4.69, 9.17) is 5.73 Å². The lowest BCUT2D eigenvalue weighted by Gasteiger charge is -2.44. The van der Waals surface area contributed by atoms with Gasteiger partial charge in [0.15, 0.2) is 0 Å². The number of allylic oxidation sites excluding steroid dienone is 2. The van der Waals surface area contributed by atoms with E-state index in [0.717, 1.165) is 24.1 Å². The molecule has 1 saturated carbocycles. The van der Waals surface area contributed by atoms with E-state index >= 15 is 4.39 Å². The van der Waals surface area contributed by atoms with Gasteiger partial charge in [-0.05, 0) is 79.8 Å². The Hall–Kier alpha value is -3.56. The minimum absolute atomic E-state index is 0.0409. The molecule has 4 N–H and O–H groups in total. The second-order valence-electron chi connectivity index (χ2n) is 10.8. The molecule has 3 aromatic rings. The zero-order chi connectivity index (χ0) is 27.9. The first-order valence-corrected chi connectivity index (χ1v) is 13.1. The molecule has 0 spiro atoms. The number of carbonyl (C=O) groups excluding carboxylic acids is 1. The van der Waals surface area contributed by atoms with Crippen molar-refractivity contribution in [2.75, 3.05) is 5.32 Å². The van der Waals surface area contributed by atoms with Gasteiger partial charge in [0, 0.05) is 18.2 Å². The first kappa shape index (κ1) is 27.0. The van der Waals surface area contributed by atoms with Crippen molar-refractivity contribution in [2.45, 2.75) is 63.0 Å². The minimum Gasteiger partial charge on any atom is -0.388 e. The summed E-state index contributed by atoms with van der Waals surface area (Å²) in [6.07, 6.45) is 9.50. The number of benzene rings is 1. The van der Waals surface area contributed by atoms with Gasteiger partial charge in [-0.2, -0.15) is 0 Å². The lowest BCUT2D eigenvalue weighted by atomic mass is 9.68. The smallest absolute Gasteiger partial charge is 0.274 e. The number of halogens is 3. The summed E-state index contributed by atoms with van der Waals surface area (Å²) in [6.45, 7) is 3.67. The fourth-order valence-electron chi connectivity index (χ4n) is 5.69. The molecule has 5 rings (SSSR count). The topological polar surface area (TPSA) is 101 Å². The van der Waals surface area contributed by atoms with Gasteiger partial charge >= 0.3 is 0 Å². The highest BCUT2D eigenvalue weighted by Gasteiger charge is 2.42. The third-order valence-corrected chi connectivity index (χ3v) is 8.32. The van der Waals surface area contributed by atoms with E-state index in [-0.39, 0.29) is 29.0 Å². The van der Waals surface area contributed by atoms with Crippen LogP contribution < -0.4 is 11.1 Å². The molecule has 0 bridgehead atoms. The van der Waals surface area contributed by atoms with Crippen molar-refractivity contribution in [3.8, 4) is 11.3 Å². The Morgan fingerprint density at radius 3 is 2.59 bits per heavy atom. The Balaban J connectivity index is 1.45. The molecule has 1 unspecified atom stereocenters. The molecule has 204 valence electrons. The molecule has 0 radical (unpaired) electrons. The van der Waals surface area contributed by atoms with Crippen molar-refractivity contribution in [1.82, 2.24) is 9.97 Å². The van der Waals surface area contributed by atoms with Gasteiger partial charge in [-0.1, -0.05) is 25.1 Å². The number of nitrogens with one attached hydrogen (secondary N) is 1. The SMILES string of the molecule is C[C@H]1C[C@@H](c2ccncc2NC(=O)c2ccc(F)c(-c3c(F)ccc(C4C=CCC4)c3F)n2)C[C@@H](N)[C@]1(C)O. The zero-order valence-electron chi connectivity index (χ0n) is 21.8. The molecule has 1 fully saturated rings. The van der Waals surface area contributed by atoms with Crippen LogP contribution in [0, 0.1) is 23.4 Å². The standard InChI is InChI=1S/C30H31F3N4O2/c1-16-13-18(14-25(34)30(16,2)39)19-11-12-35-15-24(19)37-29(38)23-10-9-22(32)28(36-23)26-21(31)8-7-20(27(26)33)17-5-3-4-6-17/h3,5,7-12,15-18,25,39H,4,6,13-14,34H2,1-2H3,(H,37,38)/t16-,17?,18+,25+,30+/m0/s1. The van der Waals surface area contributed by atoms with Crippen LogP contribution in [0.4, 0.5) is 18.9 Å². The number of nitrogens with zero attached hydrogens (tertiary/aromatic N) is 2. The van der Waals surface area contributed by atoms with Gasteiger partial charge in [0.2, 0.25) is 0 Å². The molecule has 0 saturated heterocycles. The molecule has 2 aliphatic rings. The largest absolute Gasteiger partial charge is 0.388 e. The summed E-state index contributed by atoms with van der Waals surface area (Å²) < 4.78 is 45.2. The third-order valence-electron chi connectivity index (χ3n) is 8.32. The van der Waals surface area contributed by atoms with Gasteiger partial charge in [0.1, 0.15) is 28.8 Å². The summed E-state index contributed by atoms with van der Waals surface area (Å²) in [5.41, 5.74) is 5.38. The van der Waals surface area contributed by atoms with E-state index in [1.165, 1.54) is 18.3 Å². The Morgan fingerprint density at radius 2 is 1.87 bits per heavy atom. The average Bonchev–Trinajstić information content (AvgIpc) is 3.43. The van der Waals surface area contributed by atoms with Crippen LogP contribution in [0.3, 0.4) is 0 Å². The zero-order valence-corrected chi connectivity index (χ0v) is 21.8. The summed E-state index contributed by atoms with van der Waals surface area (Å²) in [5.74, 6) is -3.82. The monoisotopic (exact) mass is 536 g/mol. The minimum atomic E-state index is -1.00. The molecule has 9 heteroatoms. The second kappa shape index (κ2) is 10.5. The molecule has 2 aromatic heterocycles. The van der Waals surface area contributed by atoms with Gasteiger partial charge < -0.3 is 16.2 Å². The maximum Gasteiger partial charge on any atom is 0.274 e. The van der Waals surface area contributed by atoms with E-state index < -0.39 is 46.3 Å². The Bertz CT molecular complexity index is 1430. The summed E-state index contributed by atoms with van der Waals surface area (Å²) >= 11 is 0. The van der Waals surface area contributed by atoms with Gasteiger partial charge in [0.25, 0.3) is 5.91 Å². The maximum atomic E-state index is 15.5. The normalized spacial score (nSPS) is 26.5. The lowest BCUT2D eigenvalue weighted by Crippen LogP contribution is -2.54. The van der Waals surface area contributed by atoms with Crippen molar-refractivity contribution < 1.29 is 23.1 Å². The first-order valence-electron chi connectivity index (χ1n) is 13.1. The predicted octanol–water partition coefficient (Wildman–Crippen LogP) is 5.84. The quantitative estimate of drug-likeness (QED) is 0.356. The van der Waals surface area contributed by atoms with Gasteiger partial charge in [-0.25, -0.2) is 18.2 Å². The molecule has 1 aromatic carbocycles. The van der Waals surface area contributed by atoms with E-state index in [1.54, 1.807) is 19.2 Å². The number of aromatic nitrogens is 2. The highest BCUT2D eigenvalue weighted by atomic mass is 19.1. The molecule has 39 heavy (non-hydrogen) atoms. The van der Waals surface area contributed by atoms with E-state index in [2.05, 4.69) is 15.3 Å². The van der Waals surface area contributed by atoms with Crippen LogP contribution in [-0.2, 0) is 0 Å². The number of rotatable bonds is 5. The van der Waals surface area contributed by atoms with Gasteiger partial charge in [-0.3, -0.25) is 9.78 Å². The van der Waals surface area contributed by atoms with Crippen molar-refractivity contribution >= 4 is 11.6 Å². The maximum absolute atomic E-state index is 15.5. The molecule has 0 aliphatic heterocycles. The molecular formula is C30H31F3N4O2. The first-order chi connectivity index (χ1) is 18.6.